The van der Waals surface area contributed by atoms with Crippen LogP contribution >= 0.6 is 0 Å². The molecule has 2 unspecified atom stereocenters. The maximum absolute atomic E-state index is 9.96. The van der Waals surface area contributed by atoms with Gasteiger partial charge in [0.2, 0.25) is 0 Å². The minimum Gasteiger partial charge on any atom is -0.393 e. The summed E-state index contributed by atoms with van der Waals surface area (Å²) in [5.41, 5.74) is 2.59. The first kappa shape index (κ1) is 13.7. The van der Waals surface area contributed by atoms with Crippen LogP contribution in [-0.2, 0) is 0 Å². The third-order valence-electron chi connectivity index (χ3n) is 3.77. The molecule has 2 atom stereocenters. The summed E-state index contributed by atoms with van der Waals surface area (Å²) >= 11 is 0. The highest BCUT2D eigenvalue weighted by Crippen LogP contribution is 2.28. The van der Waals surface area contributed by atoms with Crippen LogP contribution in [0.4, 0.5) is 0 Å². The molecular formula is C16H18N4O. The molecule has 2 heterocycles. The van der Waals surface area contributed by atoms with Crippen LogP contribution < -0.4 is 0 Å². The van der Waals surface area contributed by atoms with Gasteiger partial charge in [0.15, 0.2) is 5.65 Å². The molecule has 0 fully saturated rings. The van der Waals surface area contributed by atoms with Crippen LogP contribution in [0.5, 0.6) is 0 Å². The van der Waals surface area contributed by atoms with Gasteiger partial charge in [0.05, 0.1) is 29.1 Å². The number of fused-ring (bicyclic) bond motifs is 1. The molecule has 5 heteroatoms. The molecule has 0 aliphatic carbocycles. The van der Waals surface area contributed by atoms with Gasteiger partial charge in [-0.25, -0.2) is 14.6 Å². The molecule has 0 aliphatic heterocycles. The molecule has 2 aromatic heterocycles. The van der Waals surface area contributed by atoms with Crippen molar-refractivity contribution in [3.63, 3.8) is 0 Å². The summed E-state index contributed by atoms with van der Waals surface area (Å²) in [7, 11) is 0. The van der Waals surface area contributed by atoms with Crippen LogP contribution in [0.25, 0.3) is 16.7 Å². The lowest BCUT2D eigenvalue weighted by Gasteiger charge is -2.17. The van der Waals surface area contributed by atoms with Crippen molar-refractivity contribution >= 4 is 11.0 Å². The van der Waals surface area contributed by atoms with E-state index in [4.69, 9.17) is 0 Å². The van der Waals surface area contributed by atoms with Crippen molar-refractivity contribution in [2.75, 3.05) is 0 Å². The standard InChI is InChI=1S/C16H18N4O/c1-3-13(11(2)21)15-14-9-19-20(16(14)18-10-17-15)12-7-5-4-6-8-12/h4-11,13,21H,3H2,1-2H3. The first-order valence-electron chi connectivity index (χ1n) is 7.14. The second-order valence-electron chi connectivity index (χ2n) is 5.14. The molecule has 108 valence electrons. The van der Waals surface area contributed by atoms with Crippen LogP contribution in [0.15, 0.2) is 42.9 Å². The van der Waals surface area contributed by atoms with E-state index in [9.17, 15) is 5.11 Å². The normalized spacial score (nSPS) is 14.2. The summed E-state index contributed by atoms with van der Waals surface area (Å²) < 4.78 is 1.80. The van der Waals surface area contributed by atoms with Gasteiger partial charge in [-0.1, -0.05) is 25.1 Å². The second kappa shape index (κ2) is 5.61. The van der Waals surface area contributed by atoms with Gasteiger partial charge in [0.25, 0.3) is 0 Å². The number of aromatic nitrogens is 4. The summed E-state index contributed by atoms with van der Waals surface area (Å²) in [6.07, 6.45) is 3.69. The van der Waals surface area contributed by atoms with E-state index < -0.39 is 6.10 Å². The van der Waals surface area contributed by atoms with Gasteiger partial charge in [-0.05, 0) is 25.5 Å². The summed E-state index contributed by atoms with van der Waals surface area (Å²) in [6, 6.07) is 9.88. The van der Waals surface area contributed by atoms with Crippen molar-refractivity contribution in [1.29, 1.82) is 0 Å². The van der Waals surface area contributed by atoms with Crippen LogP contribution in [0.1, 0.15) is 31.9 Å². The van der Waals surface area contributed by atoms with E-state index in [0.717, 1.165) is 28.8 Å². The molecule has 0 amide bonds. The highest BCUT2D eigenvalue weighted by atomic mass is 16.3. The third-order valence-corrected chi connectivity index (χ3v) is 3.77. The topological polar surface area (TPSA) is 63.8 Å². The van der Waals surface area contributed by atoms with Crippen molar-refractivity contribution < 1.29 is 5.11 Å². The molecule has 3 aromatic rings. The minimum atomic E-state index is -0.451. The number of hydrogen-bond acceptors (Lipinski definition) is 4. The molecule has 3 rings (SSSR count). The third kappa shape index (κ3) is 2.40. The monoisotopic (exact) mass is 282 g/mol. The van der Waals surface area contributed by atoms with Crippen molar-refractivity contribution in [3.8, 4) is 5.69 Å². The van der Waals surface area contributed by atoms with E-state index in [2.05, 4.69) is 15.1 Å². The number of nitrogens with zero attached hydrogens (tertiary/aromatic N) is 4. The maximum atomic E-state index is 9.96. The van der Waals surface area contributed by atoms with Crippen molar-refractivity contribution in [2.45, 2.75) is 32.3 Å². The number of benzene rings is 1. The van der Waals surface area contributed by atoms with E-state index in [-0.39, 0.29) is 5.92 Å². The molecule has 1 N–H and O–H groups in total. The molecule has 21 heavy (non-hydrogen) atoms. The van der Waals surface area contributed by atoms with Crippen molar-refractivity contribution in [2.24, 2.45) is 0 Å². The average Bonchev–Trinajstić information content (AvgIpc) is 2.93. The summed E-state index contributed by atoms with van der Waals surface area (Å²) in [5, 5.41) is 15.3. The Morgan fingerprint density at radius 2 is 1.95 bits per heavy atom. The first-order valence-corrected chi connectivity index (χ1v) is 7.14. The highest BCUT2D eigenvalue weighted by molar-refractivity contribution is 5.79. The Morgan fingerprint density at radius 3 is 2.62 bits per heavy atom. The molecule has 0 saturated carbocycles. The van der Waals surface area contributed by atoms with Crippen LogP contribution in [0.2, 0.25) is 0 Å². The average molecular weight is 282 g/mol. The van der Waals surface area contributed by atoms with E-state index in [1.54, 1.807) is 24.1 Å². The van der Waals surface area contributed by atoms with Crippen molar-refractivity contribution in [3.05, 3.63) is 48.5 Å². The number of hydrogen-bond donors (Lipinski definition) is 1. The Bertz CT molecular complexity index is 736. The van der Waals surface area contributed by atoms with Crippen LogP contribution in [0.3, 0.4) is 0 Å². The quantitative estimate of drug-likeness (QED) is 0.799. The number of aliphatic hydroxyl groups excluding tert-OH is 1. The van der Waals surface area contributed by atoms with Crippen LogP contribution in [0, 0.1) is 0 Å². The summed E-state index contributed by atoms with van der Waals surface area (Å²) in [6.45, 7) is 3.84. The van der Waals surface area contributed by atoms with E-state index in [1.165, 1.54) is 0 Å². The van der Waals surface area contributed by atoms with E-state index >= 15 is 0 Å². The van der Waals surface area contributed by atoms with E-state index in [1.807, 2.05) is 37.3 Å². The molecule has 0 saturated heterocycles. The van der Waals surface area contributed by atoms with Gasteiger partial charge in [0.1, 0.15) is 6.33 Å². The Hall–Kier alpha value is -2.27. The smallest absolute Gasteiger partial charge is 0.166 e. The fourth-order valence-corrected chi connectivity index (χ4v) is 2.68. The molecule has 0 radical (unpaired) electrons. The molecule has 0 bridgehead atoms. The molecule has 1 aromatic carbocycles. The predicted octanol–water partition coefficient (Wildman–Crippen LogP) is 2.69. The zero-order chi connectivity index (χ0) is 14.8. The zero-order valence-corrected chi connectivity index (χ0v) is 12.1. The van der Waals surface area contributed by atoms with Gasteiger partial charge < -0.3 is 5.11 Å². The fraction of sp³-hybridized carbons (Fsp3) is 0.312. The predicted molar refractivity (Wildman–Crippen MR) is 81.4 cm³/mol. The van der Waals surface area contributed by atoms with Gasteiger partial charge >= 0.3 is 0 Å². The Morgan fingerprint density at radius 1 is 1.19 bits per heavy atom. The number of aliphatic hydroxyl groups is 1. The molecular weight excluding hydrogens is 264 g/mol. The molecule has 0 aliphatic rings. The summed E-state index contributed by atoms with van der Waals surface area (Å²) in [5.74, 6) is -0.0103. The van der Waals surface area contributed by atoms with Gasteiger partial charge in [-0.2, -0.15) is 5.10 Å². The number of rotatable bonds is 4. The Balaban J connectivity index is 2.17. The highest BCUT2D eigenvalue weighted by Gasteiger charge is 2.21. The lowest BCUT2D eigenvalue weighted by Crippen LogP contribution is -2.15. The SMILES string of the molecule is CCC(c1ncnc2c1cnn2-c1ccccc1)C(C)O. The Kier molecular flexibility index (Phi) is 3.66. The fourth-order valence-electron chi connectivity index (χ4n) is 2.68. The first-order chi connectivity index (χ1) is 10.2. The van der Waals surface area contributed by atoms with Gasteiger partial charge in [-0.15, -0.1) is 0 Å². The van der Waals surface area contributed by atoms with Crippen LogP contribution in [-0.4, -0.2) is 31.0 Å². The van der Waals surface area contributed by atoms with E-state index in [0.29, 0.717) is 0 Å². The Labute approximate surface area is 123 Å². The zero-order valence-electron chi connectivity index (χ0n) is 12.1. The molecule has 5 nitrogen and oxygen atoms in total. The van der Waals surface area contributed by atoms with Gasteiger partial charge in [0, 0.05) is 5.92 Å². The maximum Gasteiger partial charge on any atom is 0.166 e. The summed E-state index contributed by atoms with van der Waals surface area (Å²) in [4.78, 5) is 8.74. The lowest BCUT2D eigenvalue weighted by molar-refractivity contribution is 0.158. The van der Waals surface area contributed by atoms with Gasteiger partial charge in [-0.3, -0.25) is 0 Å². The minimum absolute atomic E-state index is 0.0103. The molecule has 0 spiro atoms. The van der Waals surface area contributed by atoms with Crippen molar-refractivity contribution in [1.82, 2.24) is 19.7 Å². The largest absolute Gasteiger partial charge is 0.393 e. The second-order valence-corrected chi connectivity index (χ2v) is 5.14. The lowest BCUT2D eigenvalue weighted by atomic mass is 9.95. The number of para-hydroxylation sites is 1.